The number of nitrogens with one attached hydrogen (secondary N) is 2. The number of hydrogen-bond donors (Lipinski definition) is 2. The van der Waals surface area contributed by atoms with Gasteiger partial charge in [0.2, 0.25) is 5.78 Å². The van der Waals surface area contributed by atoms with Crippen LogP contribution in [0.15, 0.2) is 59.7 Å². The van der Waals surface area contributed by atoms with E-state index >= 15 is 0 Å². The lowest BCUT2D eigenvalue weighted by Crippen LogP contribution is -2.64. The van der Waals surface area contributed by atoms with Crippen molar-refractivity contribution in [2.45, 2.75) is 23.3 Å². The van der Waals surface area contributed by atoms with Crippen LogP contribution in [0.5, 0.6) is 0 Å². The van der Waals surface area contributed by atoms with Crippen LogP contribution in [0.25, 0.3) is 0 Å². The van der Waals surface area contributed by atoms with E-state index in [9.17, 15) is 52.7 Å². The number of nitrogens with zero attached hydrogens (tertiary/aromatic N) is 1. The van der Waals surface area contributed by atoms with Crippen LogP contribution in [-0.2, 0) is 10.0 Å². The summed E-state index contributed by atoms with van der Waals surface area (Å²) in [5.41, 5.74) is 0.706. The molecule has 2 N–H and O–H groups in total. The Morgan fingerprint density at radius 2 is 1.26 bits per heavy atom. The fourth-order valence-corrected chi connectivity index (χ4v) is 3.31. The summed E-state index contributed by atoms with van der Waals surface area (Å²) in [6.07, 6.45) is -6.50. The van der Waals surface area contributed by atoms with Crippen molar-refractivity contribution in [3.63, 3.8) is 0 Å². The van der Waals surface area contributed by atoms with Gasteiger partial charge in [-0.2, -0.15) is 53.0 Å². The minimum Gasteiger partial charge on any atom is -0.287 e. The Labute approximate surface area is 185 Å². The van der Waals surface area contributed by atoms with Crippen LogP contribution in [0.2, 0.25) is 0 Å². The summed E-state index contributed by atoms with van der Waals surface area (Å²) in [5.74, 6) is -15.4. The second-order valence-corrected chi connectivity index (χ2v) is 8.14. The monoisotopic (exact) mass is 521 g/mol. The quantitative estimate of drug-likeness (QED) is 0.207. The number of Topliss-reactive ketones (excluding diaryl/α,β-unsaturated/α-hetero) is 1. The SMILES string of the molecule is O=C(/C=N\Nc1ccccc1NS(=O)(=O)C(F)(F)C(F)(F)C(F)(F)C(F)(F)F)c1ccccc1. The van der Waals surface area contributed by atoms with E-state index in [1.54, 1.807) is 6.07 Å². The van der Waals surface area contributed by atoms with Gasteiger partial charge >= 0.3 is 33.3 Å². The van der Waals surface area contributed by atoms with E-state index in [1.807, 2.05) is 5.43 Å². The van der Waals surface area contributed by atoms with E-state index in [1.165, 1.54) is 30.3 Å². The topological polar surface area (TPSA) is 87.6 Å². The van der Waals surface area contributed by atoms with Gasteiger partial charge in [-0.25, -0.2) is 0 Å². The molecule has 0 radical (unpaired) electrons. The Balaban J connectivity index is 2.31. The molecule has 0 amide bonds. The van der Waals surface area contributed by atoms with Crippen LogP contribution >= 0.6 is 0 Å². The van der Waals surface area contributed by atoms with Crippen molar-refractivity contribution >= 4 is 33.4 Å². The molecular weight excluding hydrogens is 509 g/mol. The molecule has 0 bridgehead atoms. The lowest BCUT2D eigenvalue weighted by Gasteiger charge is -2.33. The fraction of sp³-hybridized carbons (Fsp3) is 0.222. The summed E-state index contributed by atoms with van der Waals surface area (Å²) in [6, 6.07) is 11.3. The first-order valence-corrected chi connectivity index (χ1v) is 10.1. The average molecular weight is 521 g/mol. The van der Waals surface area contributed by atoms with Crippen molar-refractivity contribution in [2.75, 3.05) is 10.1 Å². The molecule has 2 rings (SSSR count). The molecule has 2 aromatic rings. The van der Waals surface area contributed by atoms with Crippen molar-refractivity contribution in [2.24, 2.45) is 5.10 Å². The Bertz CT molecular complexity index is 1170. The average Bonchev–Trinajstić information content (AvgIpc) is 2.74. The number of anilines is 2. The molecule has 2 aromatic carbocycles. The third-order valence-electron chi connectivity index (χ3n) is 4.05. The summed E-state index contributed by atoms with van der Waals surface area (Å²) in [6.45, 7) is 0. The molecule has 0 aromatic heterocycles. The van der Waals surface area contributed by atoms with Gasteiger partial charge in [0.05, 0.1) is 17.6 Å². The number of carbonyl (C=O) groups excluding carboxylic acids is 1. The predicted molar refractivity (Wildman–Crippen MR) is 103 cm³/mol. The molecule has 0 aliphatic heterocycles. The molecule has 0 atom stereocenters. The predicted octanol–water partition coefficient (Wildman–Crippen LogP) is 5.13. The standard InChI is InChI=1S/C18H12F9N3O3S/c19-15(20,17(23,24)25)16(21,22)18(26,27)34(32,33)30-13-9-5-4-8-12(13)29-28-10-14(31)11-6-2-1-3-7-11/h1-10,29-30H/b28-10-. The van der Waals surface area contributed by atoms with E-state index in [0.717, 1.165) is 16.9 Å². The van der Waals surface area contributed by atoms with Gasteiger partial charge in [0, 0.05) is 5.56 Å². The highest BCUT2D eigenvalue weighted by atomic mass is 32.2. The van der Waals surface area contributed by atoms with Crippen LogP contribution in [-0.4, -0.2) is 43.7 Å². The van der Waals surface area contributed by atoms with Gasteiger partial charge in [-0.3, -0.25) is 14.9 Å². The molecule has 0 heterocycles. The second-order valence-electron chi connectivity index (χ2n) is 6.41. The zero-order chi connectivity index (χ0) is 26.0. The number of rotatable bonds is 9. The Kier molecular flexibility index (Phi) is 7.25. The molecule has 34 heavy (non-hydrogen) atoms. The van der Waals surface area contributed by atoms with Crippen LogP contribution < -0.4 is 10.1 Å². The van der Waals surface area contributed by atoms with Gasteiger partial charge in [0.15, 0.2) is 0 Å². The molecule has 6 nitrogen and oxygen atoms in total. The second kappa shape index (κ2) is 9.15. The zero-order valence-electron chi connectivity index (χ0n) is 16.3. The maximum Gasteiger partial charge on any atom is 0.460 e. The third kappa shape index (κ3) is 4.95. The van der Waals surface area contributed by atoms with Crippen LogP contribution in [0, 0.1) is 0 Å². The molecular formula is C18H12F9N3O3S. The zero-order valence-corrected chi connectivity index (χ0v) is 17.1. The molecule has 0 spiro atoms. The van der Waals surface area contributed by atoms with Crippen molar-refractivity contribution in [1.29, 1.82) is 0 Å². The largest absolute Gasteiger partial charge is 0.460 e. The summed E-state index contributed by atoms with van der Waals surface area (Å²) in [7, 11) is -6.89. The number of sulfonamides is 1. The van der Waals surface area contributed by atoms with Crippen molar-refractivity contribution in [3.05, 3.63) is 60.2 Å². The molecule has 0 aliphatic rings. The number of hydrazone groups is 1. The van der Waals surface area contributed by atoms with Crippen molar-refractivity contribution in [3.8, 4) is 0 Å². The van der Waals surface area contributed by atoms with Gasteiger partial charge in [-0.15, -0.1) is 0 Å². The van der Waals surface area contributed by atoms with E-state index in [0.29, 0.717) is 12.3 Å². The number of benzene rings is 2. The van der Waals surface area contributed by atoms with E-state index in [-0.39, 0.29) is 5.56 Å². The van der Waals surface area contributed by atoms with E-state index in [2.05, 4.69) is 5.10 Å². The normalized spacial score (nSPS) is 13.7. The van der Waals surface area contributed by atoms with Gasteiger partial charge < -0.3 is 0 Å². The Morgan fingerprint density at radius 1 is 0.765 bits per heavy atom. The summed E-state index contributed by atoms with van der Waals surface area (Å²) in [4.78, 5) is 11.9. The van der Waals surface area contributed by atoms with Crippen LogP contribution in [0.4, 0.5) is 50.9 Å². The highest BCUT2D eigenvalue weighted by molar-refractivity contribution is 7.93. The minimum atomic E-state index is -7.39. The van der Waals surface area contributed by atoms with Gasteiger partial charge in [0.1, 0.15) is 0 Å². The molecule has 0 saturated carbocycles. The molecule has 0 aliphatic carbocycles. The summed E-state index contributed by atoms with van der Waals surface area (Å²) >= 11 is 0. The lowest BCUT2D eigenvalue weighted by atomic mass is 10.1. The van der Waals surface area contributed by atoms with Crippen LogP contribution in [0.3, 0.4) is 0 Å². The molecule has 0 fully saturated rings. The summed E-state index contributed by atoms with van der Waals surface area (Å²) < 4.78 is 142. The Morgan fingerprint density at radius 3 is 1.79 bits per heavy atom. The number of hydrogen-bond acceptors (Lipinski definition) is 5. The van der Waals surface area contributed by atoms with Crippen LogP contribution in [0.1, 0.15) is 10.4 Å². The van der Waals surface area contributed by atoms with Crippen molar-refractivity contribution < 1.29 is 52.7 Å². The van der Waals surface area contributed by atoms with Gasteiger partial charge in [-0.05, 0) is 12.1 Å². The minimum absolute atomic E-state index is 0.175. The Hall–Kier alpha value is -3.30. The number of carbonyl (C=O) groups is 1. The number of halogens is 9. The smallest absolute Gasteiger partial charge is 0.287 e. The maximum atomic E-state index is 13.9. The van der Waals surface area contributed by atoms with Crippen molar-refractivity contribution in [1.82, 2.24) is 0 Å². The number of ketones is 1. The van der Waals surface area contributed by atoms with E-state index < -0.39 is 50.5 Å². The molecule has 0 saturated heterocycles. The molecule has 16 heteroatoms. The van der Waals surface area contributed by atoms with Gasteiger partial charge in [0.25, 0.3) is 0 Å². The summed E-state index contributed by atoms with van der Waals surface area (Å²) in [5, 5.41) is -3.49. The van der Waals surface area contributed by atoms with E-state index in [4.69, 9.17) is 0 Å². The first-order valence-electron chi connectivity index (χ1n) is 8.66. The third-order valence-corrected chi connectivity index (χ3v) is 5.47. The highest BCUT2D eigenvalue weighted by Gasteiger charge is 2.85. The molecule has 186 valence electrons. The van der Waals surface area contributed by atoms with Gasteiger partial charge in [-0.1, -0.05) is 42.5 Å². The first kappa shape index (κ1) is 26.9. The lowest BCUT2D eigenvalue weighted by molar-refractivity contribution is -0.382. The fourth-order valence-electron chi connectivity index (χ4n) is 2.25. The molecule has 0 unspecified atom stereocenters. The first-order chi connectivity index (χ1) is 15.5. The highest BCUT2D eigenvalue weighted by Crippen LogP contribution is 2.54. The number of alkyl halides is 9. The number of para-hydroxylation sites is 2. The maximum absolute atomic E-state index is 13.9.